The Kier molecular flexibility index (Phi) is 6.76. The average Bonchev–Trinajstić information content (AvgIpc) is 2.17. The fraction of sp³-hybridized carbons (Fsp3) is 1.00. The molecule has 0 radical (unpaired) electrons. The lowest BCUT2D eigenvalue weighted by Gasteiger charge is -2.10. The molecule has 0 saturated carbocycles. The third kappa shape index (κ3) is 5.10. The number of rotatable bonds is 8. The molecule has 13 heavy (non-hydrogen) atoms. The second-order valence-electron chi connectivity index (χ2n) is 2.89. The van der Waals surface area contributed by atoms with Gasteiger partial charge in [0.1, 0.15) is 0 Å². The molecule has 0 aromatic rings. The summed E-state index contributed by atoms with van der Waals surface area (Å²) in [5.74, 6) is 0. The molecule has 0 fully saturated rings. The molecule has 3 N–H and O–H groups in total. The van der Waals surface area contributed by atoms with E-state index in [4.69, 9.17) is 16.6 Å². The summed E-state index contributed by atoms with van der Waals surface area (Å²) in [5.41, 5.74) is 20.3. The van der Waals surface area contributed by atoms with Crippen LogP contribution in [0.1, 0.15) is 26.2 Å². The van der Waals surface area contributed by atoms with Gasteiger partial charge in [0.25, 0.3) is 0 Å². The summed E-state index contributed by atoms with van der Waals surface area (Å²) in [6.07, 6.45) is 2.28. The molecule has 6 heteroatoms. The summed E-state index contributed by atoms with van der Waals surface area (Å²) >= 11 is 0. The van der Waals surface area contributed by atoms with E-state index in [1.165, 1.54) is 0 Å². The number of nitrogens with one attached hydrogen (secondary N) is 3. The van der Waals surface area contributed by atoms with Crippen LogP contribution in [0.25, 0.3) is 0 Å². The van der Waals surface area contributed by atoms with E-state index in [-0.39, 0.29) is 18.6 Å². The summed E-state index contributed by atoms with van der Waals surface area (Å²) in [7, 11) is 0. The molecule has 0 aliphatic carbocycles. The van der Waals surface area contributed by atoms with Crippen molar-refractivity contribution >= 4 is 0 Å². The second kappa shape index (κ2) is 7.45. The molecule has 0 aromatic carbocycles. The van der Waals surface area contributed by atoms with E-state index in [2.05, 4.69) is 15.3 Å². The van der Waals surface area contributed by atoms with Crippen molar-refractivity contribution < 1.29 is 0 Å². The molecule has 0 aliphatic rings. The predicted octanol–water partition coefficient (Wildman–Crippen LogP) is 3.01. The Labute approximate surface area is 77.6 Å². The van der Waals surface area contributed by atoms with Crippen LogP contribution in [0.4, 0.5) is 0 Å². The van der Waals surface area contributed by atoms with Gasteiger partial charge in [-0.1, -0.05) is 6.92 Å². The molecule has 0 aromatic heterocycles. The van der Waals surface area contributed by atoms with Crippen LogP contribution < -0.4 is 0 Å². The van der Waals surface area contributed by atoms with E-state index in [0.29, 0.717) is 6.42 Å². The normalized spacial score (nSPS) is 14.5. The van der Waals surface area contributed by atoms with Crippen LogP contribution in [0.2, 0.25) is 0 Å². The molecular weight excluding hydrogens is 168 g/mol. The van der Waals surface area contributed by atoms with E-state index < -0.39 is 0 Å². The summed E-state index contributed by atoms with van der Waals surface area (Å²) < 4.78 is 0. The van der Waals surface area contributed by atoms with Crippen LogP contribution in [-0.2, 0) is 0 Å². The van der Waals surface area contributed by atoms with Crippen molar-refractivity contribution in [1.29, 1.82) is 16.6 Å². The SMILES string of the molecule is CCC(CCC(CN=N)N=N)N=N. The summed E-state index contributed by atoms with van der Waals surface area (Å²) in [6.45, 7) is 2.25. The number of nitrogens with zero attached hydrogens (tertiary/aromatic N) is 3. The van der Waals surface area contributed by atoms with Gasteiger partial charge >= 0.3 is 0 Å². The molecule has 0 amide bonds. The summed E-state index contributed by atoms with van der Waals surface area (Å²) in [6, 6.07) is -0.164. The van der Waals surface area contributed by atoms with Crippen LogP contribution >= 0.6 is 0 Å². The zero-order valence-electron chi connectivity index (χ0n) is 7.82. The Morgan fingerprint density at radius 2 is 1.54 bits per heavy atom. The van der Waals surface area contributed by atoms with Crippen molar-refractivity contribution in [3.63, 3.8) is 0 Å². The van der Waals surface area contributed by atoms with Gasteiger partial charge < -0.3 is 0 Å². The maximum Gasteiger partial charge on any atom is 0.0919 e. The molecule has 0 rings (SSSR count). The monoisotopic (exact) mass is 184 g/mol. The first-order valence-electron chi connectivity index (χ1n) is 4.34. The average molecular weight is 184 g/mol. The maximum absolute atomic E-state index is 6.85. The molecule has 6 nitrogen and oxygen atoms in total. The third-order valence-corrected chi connectivity index (χ3v) is 1.97. The third-order valence-electron chi connectivity index (χ3n) is 1.97. The van der Waals surface area contributed by atoms with Gasteiger partial charge in [0.2, 0.25) is 0 Å². The van der Waals surface area contributed by atoms with Crippen LogP contribution in [0.5, 0.6) is 0 Å². The molecule has 2 unspecified atom stereocenters. The van der Waals surface area contributed by atoms with Crippen molar-refractivity contribution in [2.24, 2.45) is 15.3 Å². The highest BCUT2D eigenvalue weighted by molar-refractivity contribution is 4.70. The van der Waals surface area contributed by atoms with Gasteiger partial charge in [0.05, 0.1) is 18.6 Å². The fourth-order valence-corrected chi connectivity index (χ4v) is 1.05. The molecule has 0 spiro atoms. The minimum atomic E-state index is -0.201. The van der Waals surface area contributed by atoms with E-state index in [9.17, 15) is 0 Å². The van der Waals surface area contributed by atoms with Crippen molar-refractivity contribution in [3.8, 4) is 0 Å². The van der Waals surface area contributed by atoms with Crippen molar-refractivity contribution in [2.75, 3.05) is 6.54 Å². The molecular formula is C7H16N6. The highest BCUT2D eigenvalue weighted by atomic mass is 15.0. The van der Waals surface area contributed by atoms with Gasteiger partial charge in [-0.3, -0.25) is 0 Å². The molecule has 0 heterocycles. The maximum atomic E-state index is 6.85. The Bertz CT molecular complexity index is 168. The molecule has 0 bridgehead atoms. The smallest absolute Gasteiger partial charge is 0.0919 e. The topological polar surface area (TPSA) is 109 Å². The number of hydrogen-bond acceptors (Lipinski definition) is 6. The van der Waals surface area contributed by atoms with Gasteiger partial charge in [-0.05, 0) is 19.3 Å². The highest BCUT2D eigenvalue weighted by Crippen LogP contribution is 2.10. The van der Waals surface area contributed by atoms with Gasteiger partial charge in [0.15, 0.2) is 0 Å². The summed E-state index contributed by atoms with van der Waals surface area (Å²) in [4.78, 5) is 0. The van der Waals surface area contributed by atoms with E-state index in [0.717, 1.165) is 12.8 Å². The van der Waals surface area contributed by atoms with Gasteiger partial charge in [-0.2, -0.15) is 15.3 Å². The Balaban J connectivity index is 3.74. The number of hydrogen-bond donors (Lipinski definition) is 3. The molecule has 0 aliphatic heterocycles. The van der Waals surface area contributed by atoms with Crippen LogP contribution in [0, 0.1) is 16.6 Å². The van der Waals surface area contributed by atoms with Crippen LogP contribution in [0.3, 0.4) is 0 Å². The van der Waals surface area contributed by atoms with Crippen molar-refractivity contribution in [3.05, 3.63) is 0 Å². The minimum Gasteiger partial charge on any atom is -0.210 e. The Morgan fingerprint density at radius 3 is 1.92 bits per heavy atom. The first-order valence-corrected chi connectivity index (χ1v) is 4.34. The quantitative estimate of drug-likeness (QED) is 0.482. The zero-order valence-corrected chi connectivity index (χ0v) is 7.82. The van der Waals surface area contributed by atoms with E-state index >= 15 is 0 Å². The minimum absolute atomic E-state index is 0.0370. The zero-order chi connectivity index (χ0) is 10.1. The van der Waals surface area contributed by atoms with Gasteiger partial charge in [0, 0.05) is 0 Å². The lowest BCUT2D eigenvalue weighted by atomic mass is 10.1. The van der Waals surface area contributed by atoms with Gasteiger partial charge in [-0.15, -0.1) is 0 Å². The molecule has 2 atom stereocenters. The predicted molar refractivity (Wildman–Crippen MR) is 47.4 cm³/mol. The van der Waals surface area contributed by atoms with E-state index in [1.807, 2.05) is 6.92 Å². The molecule has 0 saturated heterocycles. The van der Waals surface area contributed by atoms with Crippen molar-refractivity contribution in [2.45, 2.75) is 38.3 Å². The highest BCUT2D eigenvalue weighted by Gasteiger charge is 2.10. The Hall–Kier alpha value is -1.20. The van der Waals surface area contributed by atoms with E-state index in [1.54, 1.807) is 0 Å². The lowest BCUT2D eigenvalue weighted by Crippen LogP contribution is -2.12. The van der Waals surface area contributed by atoms with Crippen LogP contribution in [-0.4, -0.2) is 18.6 Å². The second-order valence-corrected chi connectivity index (χ2v) is 2.89. The summed E-state index contributed by atoms with van der Waals surface area (Å²) in [5, 5.41) is 9.99. The van der Waals surface area contributed by atoms with Gasteiger partial charge in [-0.25, -0.2) is 16.6 Å². The fourth-order valence-electron chi connectivity index (χ4n) is 1.05. The first-order chi connectivity index (χ1) is 6.28. The van der Waals surface area contributed by atoms with Crippen LogP contribution in [0.15, 0.2) is 15.3 Å². The molecule has 74 valence electrons. The largest absolute Gasteiger partial charge is 0.210 e. The lowest BCUT2D eigenvalue weighted by molar-refractivity contribution is 0.480. The Morgan fingerprint density at radius 1 is 1.00 bits per heavy atom. The van der Waals surface area contributed by atoms with Crippen molar-refractivity contribution in [1.82, 2.24) is 0 Å². The first kappa shape index (κ1) is 11.8. The standard InChI is InChI=1S/C7H16N6/c1-2-6(12-9)3-4-7(13-10)5-11-8/h6-10H,2-5H2,1H3.